The van der Waals surface area contributed by atoms with Crippen molar-refractivity contribution in [1.29, 1.82) is 0 Å². The molecular formula is C10H12F2O2. The van der Waals surface area contributed by atoms with Gasteiger partial charge in [0.15, 0.2) is 0 Å². The second-order valence-electron chi connectivity index (χ2n) is 3.00. The van der Waals surface area contributed by atoms with Crippen LogP contribution in [0.5, 0.6) is 5.75 Å². The third-order valence-electron chi connectivity index (χ3n) is 2.10. The van der Waals surface area contributed by atoms with Gasteiger partial charge in [-0.1, -0.05) is 12.1 Å². The van der Waals surface area contributed by atoms with Crippen molar-refractivity contribution in [3.8, 4) is 5.75 Å². The van der Waals surface area contributed by atoms with Gasteiger partial charge in [-0.3, -0.25) is 0 Å². The van der Waals surface area contributed by atoms with E-state index in [-0.39, 0.29) is 5.56 Å². The third kappa shape index (κ3) is 1.85. The zero-order valence-electron chi connectivity index (χ0n) is 8.05. The highest BCUT2D eigenvalue weighted by molar-refractivity contribution is 5.41. The van der Waals surface area contributed by atoms with Gasteiger partial charge in [-0.25, -0.2) is 0 Å². The van der Waals surface area contributed by atoms with E-state index in [4.69, 9.17) is 9.84 Å². The standard InChI is InChI=1S/C10H12F2O2/c1-7-8(10(11,12)6-13)4-3-5-9(7)14-2/h3-5,13H,6H2,1-2H3. The van der Waals surface area contributed by atoms with Crippen LogP contribution < -0.4 is 4.74 Å². The van der Waals surface area contributed by atoms with E-state index in [1.165, 1.54) is 26.2 Å². The highest BCUT2D eigenvalue weighted by atomic mass is 19.3. The molecule has 0 bridgehead atoms. The average Bonchev–Trinajstić information content (AvgIpc) is 2.18. The summed E-state index contributed by atoms with van der Waals surface area (Å²) in [5.41, 5.74) is 0.161. The summed E-state index contributed by atoms with van der Waals surface area (Å²) in [5, 5.41) is 8.54. The second kappa shape index (κ2) is 3.92. The molecule has 14 heavy (non-hydrogen) atoms. The number of aliphatic hydroxyl groups is 1. The molecule has 1 rings (SSSR count). The predicted octanol–water partition coefficient (Wildman–Crippen LogP) is 2.09. The maximum Gasteiger partial charge on any atom is 0.296 e. The molecule has 78 valence electrons. The highest BCUT2D eigenvalue weighted by Gasteiger charge is 2.32. The van der Waals surface area contributed by atoms with Crippen molar-refractivity contribution in [3.05, 3.63) is 29.3 Å². The Bertz CT molecular complexity index is 324. The Labute approximate surface area is 81.1 Å². The molecule has 0 unspecified atom stereocenters. The maximum atomic E-state index is 13.2. The molecule has 0 amide bonds. The minimum atomic E-state index is -3.21. The van der Waals surface area contributed by atoms with E-state index < -0.39 is 12.5 Å². The molecule has 0 atom stereocenters. The van der Waals surface area contributed by atoms with Crippen molar-refractivity contribution in [3.63, 3.8) is 0 Å². The van der Waals surface area contributed by atoms with Gasteiger partial charge in [0.2, 0.25) is 0 Å². The Balaban J connectivity index is 3.22. The summed E-state index contributed by atoms with van der Waals surface area (Å²) in [7, 11) is 1.42. The number of hydrogen-bond donors (Lipinski definition) is 1. The first-order valence-corrected chi connectivity index (χ1v) is 4.15. The molecule has 0 saturated heterocycles. The van der Waals surface area contributed by atoms with Crippen molar-refractivity contribution in [1.82, 2.24) is 0 Å². The molecule has 0 aliphatic heterocycles. The van der Waals surface area contributed by atoms with Crippen molar-refractivity contribution < 1.29 is 18.6 Å². The first-order chi connectivity index (χ1) is 6.53. The van der Waals surface area contributed by atoms with Gasteiger partial charge in [0.1, 0.15) is 12.4 Å². The van der Waals surface area contributed by atoms with E-state index in [0.29, 0.717) is 11.3 Å². The number of aliphatic hydroxyl groups excluding tert-OH is 1. The second-order valence-corrected chi connectivity index (χ2v) is 3.00. The Kier molecular flexibility index (Phi) is 3.06. The number of benzene rings is 1. The SMILES string of the molecule is COc1cccc(C(F)(F)CO)c1C. The number of methoxy groups -OCH3 is 1. The van der Waals surface area contributed by atoms with E-state index in [1.807, 2.05) is 0 Å². The first kappa shape index (κ1) is 10.9. The molecule has 0 aliphatic rings. The van der Waals surface area contributed by atoms with E-state index >= 15 is 0 Å². The molecule has 0 saturated carbocycles. The van der Waals surface area contributed by atoms with Crippen LogP contribution >= 0.6 is 0 Å². The van der Waals surface area contributed by atoms with Crippen LogP contribution in [-0.4, -0.2) is 18.8 Å². The molecule has 0 aliphatic carbocycles. The Morgan fingerprint density at radius 3 is 2.57 bits per heavy atom. The summed E-state index contributed by atoms with van der Waals surface area (Å²) in [6.45, 7) is 0.346. The minimum absolute atomic E-state index is 0.195. The topological polar surface area (TPSA) is 29.5 Å². The van der Waals surface area contributed by atoms with Crippen molar-refractivity contribution >= 4 is 0 Å². The smallest absolute Gasteiger partial charge is 0.296 e. The van der Waals surface area contributed by atoms with Crippen LogP contribution in [0.1, 0.15) is 11.1 Å². The van der Waals surface area contributed by atoms with Crippen LogP contribution in [0.15, 0.2) is 18.2 Å². The number of halogens is 2. The number of rotatable bonds is 3. The van der Waals surface area contributed by atoms with Gasteiger partial charge in [-0.15, -0.1) is 0 Å². The van der Waals surface area contributed by atoms with Crippen molar-refractivity contribution in [2.45, 2.75) is 12.8 Å². The molecule has 0 radical (unpaired) electrons. The van der Waals surface area contributed by atoms with Gasteiger partial charge >= 0.3 is 0 Å². The number of ether oxygens (including phenoxy) is 1. The van der Waals surface area contributed by atoms with Crippen LogP contribution in [0.2, 0.25) is 0 Å². The van der Waals surface area contributed by atoms with Crippen LogP contribution in [0.3, 0.4) is 0 Å². The monoisotopic (exact) mass is 202 g/mol. The van der Waals surface area contributed by atoms with Crippen LogP contribution in [0, 0.1) is 6.92 Å². The molecule has 0 aromatic heterocycles. The summed E-state index contributed by atoms with van der Waals surface area (Å²) in [6, 6.07) is 4.37. The van der Waals surface area contributed by atoms with Gasteiger partial charge in [0, 0.05) is 11.1 Å². The van der Waals surface area contributed by atoms with Crippen molar-refractivity contribution in [2.75, 3.05) is 13.7 Å². The van der Waals surface area contributed by atoms with E-state index in [9.17, 15) is 8.78 Å². The summed E-state index contributed by atoms with van der Waals surface area (Å²) in [5.74, 6) is -2.81. The Morgan fingerprint density at radius 2 is 2.07 bits per heavy atom. The van der Waals surface area contributed by atoms with Gasteiger partial charge in [0.25, 0.3) is 5.92 Å². The van der Waals surface area contributed by atoms with Gasteiger partial charge in [0.05, 0.1) is 7.11 Å². The lowest BCUT2D eigenvalue weighted by Crippen LogP contribution is -2.19. The fourth-order valence-electron chi connectivity index (χ4n) is 1.32. The Morgan fingerprint density at radius 1 is 1.43 bits per heavy atom. The average molecular weight is 202 g/mol. The fraction of sp³-hybridized carbons (Fsp3) is 0.400. The molecule has 1 N–H and O–H groups in total. The molecule has 0 fully saturated rings. The van der Waals surface area contributed by atoms with Gasteiger partial charge < -0.3 is 9.84 Å². The predicted molar refractivity (Wildman–Crippen MR) is 48.7 cm³/mol. The molecule has 1 aromatic rings. The Hall–Kier alpha value is -1.16. The fourth-order valence-corrected chi connectivity index (χ4v) is 1.32. The molecular weight excluding hydrogens is 190 g/mol. The zero-order chi connectivity index (χ0) is 10.8. The zero-order valence-corrected chi connectivity index (χ0v) is 8.05. The highest BCUT2D eigenvalue weighted by Crippen LogP contribution is 2.33. The summed E-state index contributed by atoms with van der Waals surface area (Å²) in [4.78, 5) is 0. The molecule has 0 spiro atoms. The van der Waals surface area contributed by atoms with Crippen LogP contribution in [-0.2, 0) is 5.92 Å². The third-order valence-corrected chi connectivity index (χ3v) is 2.10. The molecule has 4 heteroatoms. The lowest BCUT2D eigenvalue weighted by molar-refractivity contribution is -0.0562. The van der Waals surface area contributed by atoms with Crippen LogP contribution in [0.25, 0.3) is 0 Å². The molecule has 2 nitrogen and oxygen atoms in total. The maximum absolute atomic E-state index is 13.2. The largest absolute Gasteiger partial charge is 0.496 e. The molecule has 0 heterocycles. The lowest BCUT2D eigenvalue weighted by Gasteiger charge is -2.17. The number of hydrogen-bond acceptors (Lipinski definition) is 2. The van der Waals surface area contributed by atoms with Crippen molar-refractivity contribution in [2.24, 2.45) is 0 Å². The summed E-state index contributed by atoms with van der Waals surface area (Å²) < 4.78 is 31.2. The summed E-state index contributed by atoms with van der Waals surface area (Å²) >= 11 is 0. The quantitative estimate of drug-likeness (QED) is 0.813. The normalized spacial score (nSPS) is 11.5. The van der Waals surface area contributed by atoms with E-state index in [0.717, 1.165) is 0 Å². The van der Waals surface area contributed by atoms with E-state index in [1.54, 1.807) is 6.07 Å². The van der Waals surface area contributed by atoms with Gasteiger partial charge in [-0.2, -0.15) is 8.78 Å². The van der Waals surface area contributed by atoms with E-state index in [2.05, 4.69) is 0 Å². The minimum Gasteiger partial charge on any atom is -0.496 e. The molecule has 1 aromatic carbocycles. The van der Waals surface area contributed by atoms with Gasteiger partial charge in [-0.05, 0) is 13.0 Å². The number of alkyl halides is 2. The summed E-state index contributed by atoms with van der Waals surface area (Å²) in [6.07, 6.45) is 0. The van der Waals surface area contributed by atoms with Crippen LogP contribution in [0.4, 0.5) is 8.78 Å². The lowest BCUT2D eigenvalue weighted by atomic mass is 10.0. The first-order valence-electron chi connectivity index (χ1n) is 4.15.